The number of methoxy groups -OCH3 is 1. The van der Waals surface area contributed by atoms with E-state index < -0.39 is 0 Å². The molecule has 0 saturated carbocycles. The molecule has 3 aromatic rings. The van der Waals surface area contributed by atoms with E-state index in [9.17, 15) is 9.59 Å². The van der Waals surface area contributed by atoms with Crippen molar-refractivity contribution in [2.45, 2.75) is 47.0 Å². The molecule has 0 aliphatic carbocycles. The lowest BCUT2D eigenvalue weighted by atomic mass is 9.92. The van der Waals surface area contributed by atoms with Gasteiger partial charge in [0.25, 0.3) is 5.91 Å². The Morgan fingerprint density at radius 3 is 2.43 bits per heavy atom. The van der Waals surface area contributed by atoms with Gasteiger partial charge >= 0.3 is 0 Å². The minimum Gasteiger partial charge on any atom is -0.496 e. The Labute approximate surface area is 208 Å². The number of benzene rings is 2. The van der Waals surface area contributed by atoms with Crippen molar-refractivity contribution < 1.29 is 14.3 Å². The van der Waals surface area contributed by atoms with Crippen molar-refractivity contribution in [3.8, 4) is 11.4 Å². The molecule has 0 fully saturated rings. The van der Waals surface area contributed by atoms with E-state index in [0.717, 1.165) is 16.9 Å². The second-order valence-electron chi connectivity index (χ2n) is 10.2. The van der Waals surface area contributed by atoms with Crippen molar-refractivity contribution >= 4 is 17.6 Å². The summed E-state index contributed by atoms with van der Waals surface area (Å²) in [6, 6.07) is 16.9. The summed E-state index contributed by atoms with van der Waals surface area (Å²) in [6.07, 6.45) is 0. The van der Waals surface area contributed by atoms with Crippen molar-refractivity contribution in [1.82, 2.24) is 14.7 Å². The molecule has 35 heavy (non-hydrogen) atoms. The summed E-state index contributed by atoms with van der Waals surface area (Å²) in [5.74, 6) is 0.711. The van der Waals surface area contributed by atoms with Crippen LogP contribution in [0, 0.1) is 12.8 Å². The average Bonchev–Trinajstić information content (AvgIpc) is 3.22. The third kappa shape index (κ3) is 6.50. The molecule has 3 rings (SSSR count). The van der Waals surface area contributed by atoms with Gasteiger partial charge in [0.2, 0.25) is 5.91 Å². The Kier molecular flexibility index (Phi) is 7.99. The number of aryl methyl sites for hydroxylation is 1. The predicted molar refractivity (Wildman–Crippen MR) is 139 cm³/mol. The minimum atomic E-state index is -0.289. The molecular formula is C28H36N4O3. The van der Waals surface area contributed by atoms with Gasteiger partial charge in [-0.1, -0.05) is 58.9 Å². The summed E-state index contributed by atoms with van der Waals surface area (Å²) < 4.78 is 7.12. The number of carbonyl (C=O) groups excluding carboxylic acids is 2. The zero-order chi connectivity index (χ0) is 25.8. The monoisotopic (exact) mass is 476 g/mol. The van der Waals surface area contributed by atoms with Crippen LogP contribution in [0.4, 0.5) is 5.82 Å². The molecule has 0 atom stereocenters. The largest absolute Gasteiger partial charge is 0.496 e. The molecule has 1 aromatic heterocycles. The number of nitrogens with one attached hydrogen (secondary N) is 1. The highest BCUT2D eigenvalue weighted by molar-refractivity contribution is 6.00. The maximum absolute atomic E-state index is 13.4. The topological polar surface area (TPSA) is 76.5 Å². The van der Waals surface area contributed by atoms with Crippen LogP contribution in [0.1, 0.15) is 56.2 Å². The van der Waals surface area contributed by atoms with E-state index in [2.05, 4.69) is 26.1 Å². The number of hydrogen-bond donors (Lipinski definition) is 1. The molecular weight excluding hydrogens is 440 g/mol. The highest BCUT2D eigenvalue weighted by Gasteiger charge is 2.25. The van der Waals surface area contributed by atoms with E-state index >= 15 is 0 Å². The van der Waals surface area contributed by atoms with Crippen LogP contribution in [-0.2, 0) is 10.2 Å². The first-order valence-corrected chi connectivity index (χ1v) is 11.9. The van der Waals surface area contributed by atoms with Crippen molar-refractivity contribution in [3.63, 3.8) is 0 Å². The molecule has 7 nitrogen and oxygen atoms in total. The number of rotatable bonds is 8. The van der Waals surface area contributed by atoms with Crippen LogP contribution >= 0.6 is 0 Å². The van der Waals surface area contributed by atoms with E-state index in [-0.39, 0.29) is 29.7 Å². The maximum Gasteiger partial charge on any atom is 0.258 e. The Balaban J connectivity index is 1.89. The first kappa shape index (κ1) is 26.0. The summed E-state index contributed by atoms with van der Waals surface area (Å²) in [4.78, 5) is 28.1. The number of amides is 2. The van der Waals surface area contributed by atoms with Crippen LogP contribution in [0.15, 0.2) is 54.6 Å². The standard InChI is InChI=1S/C28H36N4O3/c1-19(2)17-31(27(34)22-13-8-9-14-23(22)35-7)18-26(33)29-25-16-24(28(4,5)6)30-32(25)21-12-10-11-20(3)15-21/h8-16,19H,17-18H2,1-7H3,(H,29,33). The first-order chi connectivity index (χ1) is 16.5. The Morgan fingerprint density at radius 2 is 1.80 bits per heavy atom. The van der Waals surface area contributed by atoms with Gasteiger partial charge in [-0.15, -0.1) is 0 Å². The van der Waals surface area contributed by atoms with E-state index in [0.29, 0.717) is 23.7 Å². The fraction of sp³-hybridized carbons (Fsp3) is 0.393. The summed E-state index contributed by atoms with van der Waals surface area (Å²) in [5, 5.41) is 7.78. The molecule has 2 amide bonds. The lowest BCUT2D eigenvalue weighted by molar-refractivity contribution is -0.117. The van der Waals surface area contributed by atoms with Gasteiger partial charge in [0.15, 0.2) is 0 Å². The van der Waals surface area contributed by atoms with E-state index in [4.69, 9.17) is 9.84 Å². The molecule has 0 aliphatic rings. The number of aromatic nitrogens is 2. The highest BCUT2D eigenvalue weighted by atomic mass is 16.5. The van der Waals surface area contributed by atoms with E-state index in [1.54, 1.807) is 27.8 Å². The van der Waals surface area contributed by atoms with Crippen molar-refractivity contribution in [2.24, 2.45) is 5.92 Å². The minimum absolute atomic E-state index is 0.0844. The third-order valence-electron chi connectivity index (χ3n) is 5.54. The summed E-state index contributed by atoms with van der Waals surface area (Å²) in [5.41, 5.74) is 3.05. The van der Waals surface area contributed by atoms with Gasteiger partial charge in [0, 0.05) is 18.0 Å². The average molecular weight is 477 g/mol. The van der Waals surface area contributed by atoms with E-state index in [1.807, 2.05) is 57.2 Å². The second-order valence-corrected chi connectivity index (χ2v) is 10.2. The zero-order valence-electron chi connectivity index (χ0n) is 21.8. The van der Waals surface area contributed by atoms with Crippen LogP contribution in [-0.4, -0.2) is 46.7 Å². The first-order valence-electron chi connectivity index (χ1n) is 11.9. The molecule has 186 valence electrons. The molecule has 1 N–H and O–H groups in total. The Hall–Kier alpha value is -3.61. The molecule has 0 radical (unpaired) electrons. The summed E-state index contributed by atoms with van der Waals surface area (Å²) in [7, 11) is 1.53. The second kappa shape index (κ2) is 10.8. The van der Waals surface area contributed by atoms with Gasteiger partial charge < -0.3 is 15.0 Å². The lowest BCUT2D eigenvalue weighted by Gasteiger charge is -2.25. The van der Waals surface area contributed by atoms with Crippen LogP contribution in [0.5, 0.6) is 5.75 Å². The molecule has 1 heterocycles. The number of hydrogen-bond acceptors (Lipinski definition) is 4. The smallest absolute Gasteiger partial charge is 0.258 e. The van der Waals surface area contributed by atoms with Crippen molar-refractivity contribution in [3.05, 3.63) is 71.4 Å². The number of ether oxygens (including phenoxy) is 1. The number of anilines is 1. The van der Waals surface area contributed by atoms with Crippen LogP contribution in [0.3, 0.4) is 0 Å². The molecule has 0 aliphatic heterocycles. The van der Waals surface area contributed by atoms with Crippen LogP contribution in [0.25, 0.3) is 5.69 Å². The molecule has 0 bridgehead atoms. The zero-order valence-corrected chi connectivity index (χ0v) is 21.8. The SMILES string of the molecule is COc1ccccc1C(=O)N(CC(=O)Nc1cc(C(C)(C)C)nn1-c1cccc(C)c1)CC(C)C. The highest BCUT2D eigenvalue weighted by Crippen LogP contribution is 2.27. The van der Waals surface area contributed by atoms with Crippen LogP contribution in [0.2, 0.25) is 0 Å². The van der Waals surface area contributed by atoms with Crippen molar-refractivity contribution in [1.29, 1.82) is 0 Å². The molecule has 2 aromatic carbocycles. The molecule has 0 unspecified atom stereocenters. The van der Waals surface area contributed by atoms with Gasteiger partial charge in [-0.3, -0.25) is 9.59 Å². The molecule has 0 saturated heterocycles. The van der Waals surface area contributed by atoms with Gasteiger partial charge in [0.05, 0.1) is 24.1 Å². The van der Waals surface area contributed by atoms with Gasteiger partial charge in [-0.2, -0.15) is 5.10 Å². The fourth-order valence-corrected chi connectivity index (χ4v) is 3.80. The van der Waals surface area contributed by atoms with Gasteiger partial charge in [0.1, 0.15) is 18.1 Å². The van der Waals surface area contributed by atoms with Crippen LogP contribution < -0.4 is 10.1 Å². The fourth-order valence-electron chi connectivity index (χ4n) is 3.80. The Bertz CT molecular complexity index is 1190. The van der Waals surface area contributed by atoms with E-state index in [1.165, 1.54) is 7.11 Å². The summed E-state index contributed by atoms with van der Waals surface area (Å²) in [6.45, 7) is 12.6. The molecule has 7 heteroatoms. The quantitative estimate of drug-likeness (QED) is 0.483. The maximum atomic E-state index is 13.4. The normalized spacial score (nSPS) is 11.4. The van der Waals surface area contributed by atoms with Gasteiger partial charge in [-0.25, -0.2) is 4.68 Å². The number of para-hydroxylation sites is 1. The Morgan fingerprint density at radius 1 is 1.09 bits per heavy atom. The lowest BCUT2D eigenvalue weighted by Crippen LogP contribution is -2.40. The third-order valence-corrected chi connectivity index (χ3v) is 5.54. The summed E-state index contributed by atoms with van der Waals surface area (Å²) >= 11 is 0. The predicted octanol–water partition coefficient (Wildman–Crippen LogP) is 5.22. The number of nitrogens with zero attached hydrogens (tertiary/aromatic N) is 3. The number of carbonyl (C=O) groups is 2. The van der Waals surface area contributed by atoms with Gasteiger partial charge in [-0.05, 0) is 42.7 Å². The molecule has 0 spiro atoms. The van der Waals surface area contributed by atoms with Crippen molar-refractivity contribution in [2.75, 3.05) is 25.5 Å².